The van der Waals surface area contributed by atoms with E-state index in [0.717, 1.165) is 0 Å². The largest absolute Gasteiger partial charge is 0.480 e. The second-order valence-corrected chi connectivity index (χ2v) is 3.19. The van der Waals surface area contributed by atoms with Crippen molar-refractivity contribution in [3.8, 4) is 0 Å². The number of carbonyl (C=O) groups is 1. The van der Waals surface area contributed by atoms with Crippen molar-refractivity contribution in [2.75, 3.05) is 33.5 Å². The highest BCUT2D eigenvalue weighted by Crippen LogP contribution is 2.04. The minimum absolute atomic E-state index is 0.155. The predicted molar refractivity (Wildman–Crippen MR) is 52.4 cm³/mol. The second kappa shape index (κ2) is 6.75. The van der Waals surface area contributed by atoms with Crippen molar-refractivity contribution < 1.29 is 19.4 Å². The summed E-state index contributed by atoms with van der Waals surface area (Å²) in [6.45, 7) is 5.07. The summed E-state index contributed by atoms with van der Waals surface area (Å²) >= 11 is 0. The second-order valence-electron chi connectivity index (χ2n) is 3.19. The molecule has 0 aliphatic heterocycles. The Hall–Kier alpha value is -0.650. The number of hydrogen-bond acceptors (Lipinski definition) is 4. The van der Waals surface area contributed by atoms with Crippen molar-refractivity contribution >= 4 is 5.97 Å². The molecule has 0 saturated heterocycles. The summed E-state index contributed by atoms with van der Waals surface area (Å²) in [5.74, 6) is -0.915. The van der Waals surface area contributed by atoms with Crippen LogP contribution < -0.4 is 5.32 Å². The SMILES string of the molecule is CCOCC(C)(NCCOC)C(=O)O. The van der Waals surface area contributed by atoms with Gasteiger partial charge in [-0.1, -0.05) is 0 Å². The zero-order valence-electron chi connectivity index (χ0n) is 9.00. The molecule has 14 heavy (non-hydrogen) atoms. The minimum Gasteiger partial charge on any atom is -0.480 e. The fourth-order valence-electron chi connectivity index (χ4n) is 0.924. The van der Waals surface area contributed by atoms with Gasteiger partial charge in [-0.2, -0.15) is 0 Å². The summed E-state index contributed by atoms with van der Waals surface area (Å²) in [5, 5.41) is 11.9. The molecule has 0 heterocycles. The van der Waals surface area contributed by atoms with Gasteiger partial charge in [-0.15, -0.1) is 0 Å². The number of hydrogen-bond donors (Lipinski definition) is 2. The topological polar surface area (TPSA) is 67.8 Å². The molecule has 0 saturated carbocycles. The van der Waals surface area contributed by atoms with E-state index >= 15 is 0 Å². The molecule has 0 bridgehead atoms. The highest BCUT2D eigenvalue weighted by atomic mass is 16.5. The lowest BCUT2D eigenvalue weighted by Gasteiger charge is -2.25. The standard InChI is InChI=1S/C9H19NO4/c1-4-14-7-9(2,8(11)12)10-5-6-13-3/h10H,4-7H2,1-3H3,(H,11,12). The Labute approximate surface area is 84.4 Å². The van der Waals surface area contributed by atoms with Crippen molar-refractivity contribution in [3.05, 3.63) is 0 Å². The minimum atomic E-state index is -1.03. The normalized spacial score (nSPS) is 15.1. The lowest BCUT2D eigenvalue weighted by molar-refractivity contribution is -0.146. The number of methoxy groups -OCH3 is 1. The molecule has 0 aromatic heterocycles. The van der Waals surface area contributed by atoms with Gasteiger partial charge >= 0.3 is 5.97 Å². The van der Waals surface area contributed by atoms with Crippen molar-refractivity contribution in [1.82, 2.24) is 5.32 Å². The fourth-order valence-corrected chi connectivity index (χ4v) is 0.924. The number of rotatable bonds is 8. The van der Waals surface area contributed by atoms with Gasteiger partial charge in [-0.25, -0.2) is 0 Å². The monoisotopic (exact) mass is 205 g/mol. The van der Waals surface area contributed by atoms with Crippen LogP contribution in [0.25, 0.3) is 0 Å². The molecule has 84 valence electrons. The maximum atomic E-state index is 10.9. The number of carboxylic acids is 1. The van der Waals surface area contributed by atoms with Crippen molar-refractivity contribution in [2.24, 2.45) is 0 Å². The first kappa shape index (κ1) is 13.4. The van der Waals surface area contributed by atoms with Gasteiger partial charge in [0.15, 0.2) is 0 Å². The number of aliphatic carboxylic acids is 1. The molecule has 2 N–H and O–H groups in total. The Morgan fingerprint density at radius 3 is 2.64 bits per heavy atom. The molecule has 0 amide bonds. The Kier molecular flexibility index (Phi) is 6.44. The van der Waals surface area contributed by atoms with Gasteiger partial charge in [-0.3, -0.25) is 10.1 Å². The summed E-state index contributed by atoms with van der Waals surface area (Å²) in [7, 11) is 1.57. The molecule has 0 aromatic carbocycles. The van der Waals surface area contributed by atoms with Gasteiger partial charge in [0, 0.05) is 20.3 Å². The van der Waals surface area contributed by atoms with E-state index in [-0.39, 0.29) is 6.61 Å². The molecule has 5 nitrogen and oxygen atoms in total. The van der Waals surface area contributed by atoms with E-state index in [0.29, 0.717) is 19.8 Å². The summed E-state index contributed by atoms with van der Waals surface area (Å²) in [5.41, 5.74) is -1.03. The first-order valence-corrected chi connectivity index (χ1v) is 4.62. The zero-order valence-corrected chi connectivity index (χ0v) is 9.00. The Bertz CT molecular complexity index is 174. The van der Waals surface area contributed by atoms with Crippen LogP contribution in [0.1, 0.15) is 13.8 Å². The van der Waals surface area contributed by atoms with E-state index in [1.165, 1.54) is 0 Å². The van der Waals surface area contributed by atoms with Crippen LogP contribution in [0.15, 0.2) is 0 Å². The van der Waals surface area contributed by atoms with Gasteiger partial charge in [0.25, 0.3) is 0 Å². The Morgan fingerprint density at radius 2 is 2.21 bits per heavy atom. The van der Waals surface area contributed by atoms with E-state index < -0.39 is 11.5 Å². The third-order valence-corrected chi connectivity index (χ3v) is 1.89. The van der Waals surface area contributed by atoms with E-state index in [4.69, 9.17) is 14.6 Å². The van der Waals surface area contributed by atoms with Crippen LogP contribution in [-0.2, 0) is 14.3 Å². The summed E-state index contributed by atoms with van der Waals surface area (Å²) in [4.78, 5) is 10.9. The first-order chi connectivity index (χ1) is 6.56. The maximum absolute atomic E-state index is 10.9. The third kappa shape index (κ3) is 4.55. The first-order valence-electron chi connectivity index (χ1n) is 4.62. The molecular formula is C9H19NO4. The van der Waals surface area contributed by atoms with E-state index in [1.807, 2.05) is 6.92 Å². The highest BCUT2D eigenvalue weighted by Gasteiger charge is 2.32. The Morgan fingerprint density at radius 1 is 1.57 bits per heavy atom. The number of carboxylic acid groups (broad SMARTS) is 1. The maximum Gasteiger partial charge on any atom is 0.326 e. The van der Waals surface area contributed by atoms with E-state index in [9.17, 15) is 4.79 Å². The summed E-state index contributed by atoms with van der Waals surface area (Å²) in [6, 6.07) is 0. The number of nitrogens with one attached hydrogen (secondary N) is 1. The zero-order chi connectivity index (χ0) is 11.0. The average molecular weight is 205 g/mol. The molecule has 0 radical (unpaired) electrons. The third-order valence-electron chi connectivity index (χ3n) is 1.89. The van der Waals surface area contributed by atoms with Crippen molar-refractivity contribution in [2.45, 2.75) is 19.4 Å². The summed E-state index contributed by atoms with van der Waals surface area (Å²) in [6.07, 6.45) is 0. The van der Waals surface area contributed by atoms with Crippen LogP contribution in [-0.4, -0.2) is 50.1 Å². The predicted octanol–water partition coefficient (Wildman–Crippen LogP) is 0.102. The van der Waals surface area contributed by atoms with E-state index in [1.54, 1.807) is 14.0 Å². The fraction of sp³-hybridized carbons (Fsp3) is 0.889. The van der Waals surface area contributed by atoms with Crippen molar-refractivity contribution in [1.29, 1.82) is 0 Å². The van der Waals surface area contributed by atoms with Crippen LogP contribution in [0.5, 0.6) is 0 Å². The lowest BCUT2D eigenvalue weighted by Crippen LogP contribution is -2.54. The molecule has 0 aliphatic rings. The van der Waals surface area contributed by atoms with Crippen LogP contribution in [0.3, 0.4) is 0 Å². The smallest absolute Gasteiger partial charge is 0.326 e. The summed E-state index contributed by atoms with van der Waals surface area (Å²) < 4.78 is 9.93. The molecule has 0 rings (SSSR count). The molecule has 0 aliphatic carbocycles. The van der Waals surface area contributed by atoms with Crippen LogP contribution in [0.4, 0.5) is 0 Å². The molecular weight excluding hydrogens is 186 g/mol. The quantitative estimate of drug-likeness (QED) is 0.550. The van der Waals surface area contributed by atoms with Crippen molar-refractivity contribution in [3.63, 3.8) is 0 Å². The van der Waals surface area contributed by atoms with Crippen LogP contribution >= 0.6 is 0 Å². The molecule has 0 aromatic rings. The molecule has 1 unspecified atom stereocenters. The highest BCUT2D eigenvalue weighted by molar-refractivity contribution is 5.78. The van der Waals surface area contributed by atoms with Gasteiger partial charge in [-0.05, 0) is 13.8 Å². The molecule has 1 atom stereocenters. The number of ether oxygens (including phenoxy) is 2. The van der Waals surface area contributed by atoms with Crippen LogP contribution in [0.2, 0.25) is 0 Å². The van der Waals surface area contributed by atoms with Gasteiger partial charge < -0.3 is 14.6 Å². The van der Waals surface area contributed by atoms with Gasteiger partial charge in [0.05, 0.1) is 13.2 Å². The Balaban J connectivity index is 4.03. The molecule has 0 fully saturated rings. The van der Waals surface area contributed by atoms with E-state index in [2.05, 4.69) is 5.32 Å². The van der Waals surface area contributed by atoms with Gasteiger partial charge in [0.2, 0.25) is 0 Å². The molecule has 5 heteroatoms. The lowest BCUT2D eigenvalue weighted by atomic mass is 10.0. The molecule has 0 spiro atoms. The van der Waals surface area contributed by atoms with Gasteiger partial charge in [0.1, 0.15) is 5.54 Å². The average Bonchev–Trinajstić information content (AvgIpc) is 2.15. The van der Waals surface area contributed by atoms with Crippen LogP contribution in [0, 0.1) is 0 Å².